The van der Waals surface area contributed by atoms with Crippen molar-refractivity contribution in [3.8, 4) is 0 Å². The van der Waals surface area contributed by atoms with Crippen LogP contribution in [0.4, 0.5) is 4.39 Å². The Balaban J connectivity index is 1.92. The Labute approximate surface area is 116 Å². The van der Waals surface area contributed by atoms with E-state index in [9.17, 15) is 9.18 Å². The summed E-state index contributed by atoms with van der Waals surface area (Å²) < 4.78 is 13.3. The number of benzene rings is 1. The van der Waals surface area contributed by atoms with Gasteiger partial charge in [-0.15, -0.1) is 0 Å². The van der Waals surface area contributed by atoms with Gasteiger partial charge in [0.25, 0.3) is 5.91 Å². The second-order valence-corrected chi connectivity index (χ2v) is 6.22. The van der Waals surface area contributed by atoms with E-state index in [2.05, 4.69) is 37.2 Å². The Morgan fingerprint density at radius 3 is 2.82 bits per heavy atom. The molecule has 0 bridgehead atoms. The first-order chi connectivity index (χ1) is 8.08. The normalized spacial score (nSPS) is 16.6. The summed E-state index contributed by atoms with van der Waals surface area (Å²) in [5, 5.41) is 2.84. The van der Waals surface area contributed by atoms with Crippen LogP contribution in [0, 0.1) is 11.7 Å². The monoisotopic (exact) mass is 363 g/mol. The Bertz CT molecular complexity index is 435. The summed E-state index contributed by atoms with van der Waals surface area (Å²) in [5.41, 5.74) is 0.466. The van der Waals surface area contributed by atoms with E-state index >= 15 is 0 Å². The predicted molar refractivity (Wildman–Crippen MR) is 71.9 cm³/mol. The summed E-state index contributed by atoms with van der Waals surface area (Å²) in [5.74, 6) is 0.156. The van der Waals surface area contributed by atoms with Crippen LogP contribution >= 0.6 is 31.9 Å². The van der Waals surface area contributed by atoms with Gasteiger partial charge in [-0.1, -0.05) is 15.9 Å². The molecule has 0 saturated heterocycles. The van der Waals surface area contributed by atoms with Crippen LogP contribution in [0.25, 0.3) is 0 Å². The first-order valence-corrected chi connectivity index (χ1v) is 7.16. The lowest BCUT2D eigenvalue weighted by Gasteiger charge is -2.10. The molecular weight excluding hydrogens is 353 g/mol. The van der Waals surface area contributed by atoms with Crippen LogP contribution in [0.5, 0.6) is 0 Å². The highest BCUT2D eigenvalue weighted by molar-refractivity contribution is 9.10. The van der Waals surface area contributed by atoms with Crippen molar-refractivity contribution in [3.63, 3.8) is 0 Å². The minimum Gasteiger partial charge on any atom is -0.351 e. The zero-order valence-corrected chi connectivity index (χ0v) is 12.2. The van der Waals surface area contributed by atoms with Crippen molar-refractivity contribution in [2.24, 2.45) is 5.92 Å². The zero-order valence-electron chi connectivity index (χ0n) is 9.05. The summed E-state index contributed by atoms with van der Waals surface area (Å²) in [7, 11) is 0. The maximum Gasteiger partial charge on any atom is 0.251 e. The van der Waals surface area contributed by atoms with E-state index in [0.717, 1.165) is 0 Å². The highest BCUT2D eigenvalue weighted by Gasteiger charge is 2.29. The largest absolute Gasteiger partial charge is 0.351 e. The quantitative estimate of drug-likeness (QED) is 0.814. The first-order valence-electron chi connectivity index (χ1n) is 5.45. The lowest BCUT2D eigenvalue weighted by Crippen LogP contribution is -2.30. The fourth-order valence-corrected chi connectivity index (χ4v) is 2.62. The summed E-state index contributed by atoms with van der Waals surface area (Å²) in [4.78, 5) is 12.1. The average molecular weight is 365 g/mol. The molecule has 1 fully saturated rings. The van der Waals surface area contributed by atoms with E-state index in [1.807, 2.05) is 0 Å². The Kier molecular flexibility index (Phi) is 4.20. The molecule has 92 valence electrons. The van der Waals surface area contributed by atoms with Crippen molar-refractivity contribution in [2.45, 2.75) is 17.7 Å². The molecule has 1 amide bonds. The molecule has 1 atom stereocenters. The number of hydrogen-bond donors (Lipinski definition) is 1. The number of amides is 1. The number of nitrogens with one attached hydrogen (secondary N) is 1. The molecule has 2 nitrogen and oxygen atoms in total. The molecule has 0 heterocycles. The number of rotatable bonds is 4. The van der Waals surface area contributed by atoms with Gasteiger partial charge in [-0.25, -0.2) is 4.39 Å². The SMILES string of the molecule is O=C(NCC(Br)C1CC1)c1ccc(F)c(Br)c1. The van der Waals surface area contributed by atoms with Crippen LogP contribution in [-0.2, 0) is 0 Å². The summed E-state index contributed by atoms with van der Waals surface area (Å²) in [6.07, 6.45) is 2.46. The van der Waals surface area contributed by atoms with Crippen LogP contribution < -0.4 is 5.32 Å². The second-order valence-electron chi connectivity index (χ2n) is 4.19. The van der Waals surface area contributed by atoms with Crippen molar-refractivity contribution in [2.75, 3.05) is 6.54 Å². The van der Waals surface area contributed by atoms with E-state index in [-0.39, 0.29) is 11.7 Å². The number of carbonyl (C=O) groups is 1. The molecular formula is C12H12Br2FNO. The third-order valence-corrected chi connectivity index (χ3v) is 4.45. The second kappa shape index (κ2) is 5.48. The Morgan fingerprint density at radius 1 is 1.53 bits per heavy atom. The highest BCUT2D eigenvalue weighted by Crippen LogP contribution is 2.36. The molecule has 1 aliphatic rings. The number of carbonyl (C=O) groups excluding carboxylic acids is 1. The van der Waals surface area contributed by atoms with Gasteiger partial charge in [0.15, 0.2) is 0 Å². The molecule has 5 heteroatoms. The zero-order chi connectivity index (χ0) is 12.4. The third-order valence-electron chi connectivity index (χ3n) is 2.77. The smallest absolute Gasteiger partial charge is 0.251 e. The van der Waals surface area contributed by atoms with E-state index in [4.69, 9.17) is 0 Å². The third kappa shape index (κ3) is 3.52. The molecule has 17 heavy (non-hydrogen) atoms. The van der Waals surface area contributed by atoms with Crippen LogP contribution in [0.1, 0.15) is 23.2 Å². The van der Waals surface area contributed by atoms with Crippen LogP contribution in [-0.4, -0.2) is 17.3 Å². The maximum absolute atomic E-state index is 13.0. The van der Waals surface area contributed by atoms with E-state index in [1.165, 1.54) is 31.0 Å². The molecule has 1 aromatic carbocycles. The molecule has 0 radical (unpaired) electrons. The predicted octanol–water partition coefficient (Wildman–Crippen LogP) is 3.49. The van der Waals surface area contributed by atoms with Gasteiger partial charge in [0, 0.05) is 16.9 Å². The standard InChI is InChI=1S/C12H12Br2FNO/c13-9-5-8(3-4-11(9)15)12(17)16-6-10(14)7-1-2-7/h3-5,7,10H,1-2,6H2,(H,16,17). The Morgan fingerprint density at radius 2 is 2.24 bits per heavy atom. The van der Waals surface area contributed by atoms with Gasteiger partial charge >= 0.3 is 0 Å². The lowest BCUT2D eigenvalue weighted by molar-refractivity contribution is 0.0953. The topological polar surface area (TPSA) is 29.1 Å². The van der Waals surface area contributed by atoms with Gasteiger partial charge < -0.3 is 5.32 Å². The number of alkyl halides is 1. The fraction of sp³-hybridized carbons (Fsp3) is 0.417. The van der Waals surface area contributed by atoms with Gasteiger partial charge in [-0.2, -0.15) is 0 Å². The van der Waals surface area contributed by atoms with Crippen LogP contribution in [0.15, 0.2) is 22.7 Å². The van der Waals surface area contributed by atoms with E-state index in [1.54, 1.807) is 0 Å². The lowest BCUT2D eigenvalue weighted by atomic mass is 10.2. The summed E-state index contributed by atoms with van der Waals surface area (Å²) >= 11 is 6.61. The summed E-state index contributed by atoms with van der Waals surface area (Å²) in [6, 6.07) is 4.26. The van der Waals surface area contributed by atoms with E-state index in [0.29, 0.717) is 27.3 Å². The van der Waals surface area contributed by atoms with E-state index < -0.39 is 0 Å². The average Bonchev–Trinajstić information content (AvgIpc) is 3.13. The molecule has 0 aromatic heterocycles. The van der Waals surface area contributed by atoms with Crippen molar-refractivity contribution >= 4 is 37.8 Å². The minimum absolute atomic E-state index is 0.171. The van der Waals surface area contributed by atoms with Crippen molar-refractivity contribution < 1.29 is 9.18 Å². The first kappa shape index (κ1) is 13.0. The van der Waals surface area contributed by atoms with Crippen LogP contribution in [0.2, 0.25) is 0 Å². The van der Waals surface area contributed by atoms with Gasteiger partial charge in [0.2, 0.25) is 0 Å². The molecule has 2 rings (SSSR count). The van der Waals surface area contributed by atoms with Crippen molar-refractivity contribution in [3.05, 3.63) is 34.1 Å². The molecule has 0 aliphatic heterocycles. The molecule has 1 saturated carbocycles. The molecule has 1 N–H and O–H groups in total. The molecule has 1 unspecified atom stereocenters. The van der Waals surface area contributed by atoms with Crippen LogP contribution in [0.3, 0.4) is 0 Å². The van der Waals surface area contributed by atoms with Gasteiger partial charge in [0.05, 0.1) is 4.47 Å². The maximum atomic E-state index is 13.0. The summed E-state index contributed by atoms with van der Waals surface area (Å²) in [6.45, 7) is 0.610. The van der Waals surface area contributed by atoms with Crippen molar-refractivity contribution in [1.82, 2.24) is 5.32 Å². The Hall–Kier alpha value is -0.420. The van der Waals surface area contributed by atoms with Gasteiger partial charge in [-0.05, 0) is 52.9 Å². The molecule has 1 aromatic rings. The number of halogens is 3. The minimum atomic E-state index is -0.363. The molecule has 1 aliphatic carbocycles. The van der Waals surface area contributed by atoms with Crippen molar-refractivity contribution in [1.29, 1.82) is 0 Å². The van der Waals surface area contributed by atoms with Gasteiger partial charge in [-0.3, -0.25) is 4.79 Å². The fourth-order valence-electron chi connectivity index (χ4n) is 1.55. The highest BCUT2D eigenvalue weighted by atomic mass is 79.9. The van der Waals surface area contributed by atoms with Gasteiger partial charge in [0.1, 0.15) is 5.82 Å². The number of hydrogen-bond acceptors (Lipinski definition) is 1. The molecule has 0 spiro atoms.